The lowest BCUT2D eigenvalue weighted by Gasteiger charge is -1.93. The number of aryl methyl sites for hydroxylation is 1. The summed E-state index contributed by atoms with van der Waals surface area (Å²) in [7, 11) is 0. The van der Waals surface area contributed by atoms with Crippen molar-refractivity contribution in [1.82, 2.24) is 0 Å². The maximum atomic E-state index is 5.69. The van der Waals surface area contributed by atoms with E-state index in [4.69, 9.17) is 11.6 Å². The van der Waals surface area contributed by atoms with E-state index in [2.05, 4.69) is 28.7 Å². The Morgan fingerprint density at radius 1 is 1.56 bits per heavy atom. The van der Waals surface area contributed by atoms with Gasteiger partial charge in [-0.15, -0.1) is 0 Å². The zero-order valence-corrected chi connectivity index (χ0v) is 7.82. The summed E-state index contributed by atoms with van der Waals surface area (Å²) in [6.07, 6.45) is 0. The van der Waals surface area contributed by atoms with E-state index in [-0.39, 0.29) is 0 Å². The second-order valence-corrected chi connectivity index (χ2v) is 3.48. The van der Waals surface area contributed by atoms with Crippen LogP contribution in [0.25, 0.3) is 0 Å². The van der Waals surface area contributed by atoms with Gasteiger partial charge in [0.2, 0.25) is 0 Å². The van der Waals surface area contributed by atoms with Crippen molar-refractivity contribution in [2.45, 2.75) is 6.92 Å². The maximum Gasteiger partial charge on any atom is 0.0498 e. The van der Waals surface area contributed by atoms with Gasteiger partial charge >= 0.3 is 0 Å². The monoisotopic (exact) mass is 251 g/mol. The Bertz CT molecular complexity index is 170. The van der Waals surface area contributed by atoms with E-state index in [0.29, 0.717) is 5.02 Å². The van der Waals surface area contributed by atoms with Crippen LogP contribution in [0.4, 0.5) is 0 Å². The van der Waals surface area contributed by atoms with E-state index < -0.39 is 0 Å². The van der Waals surface area contributed by atoms with E-state index >= 15 is 0 Å². The van der Waals surface area contributed by atoms with Crippen LogP contribution in [0, 0.1) is 16.6 Å². The number of hydrogen-bond donors (Lipinski definition) is 0. The molecule has 0 saturated carbocycles. The molecule has 0 saturated heterocycles. The van der Waals surface area contributed by atoms with Crippen LogP contribution in [0.3, 0.4) is 0 Å². The fourth-order valence-corrected chi connectivity index (χ4v) is 1.86. The van der Waals surface area contributed by atoms with E-state index in [1.807, 2.05) is 19.1 Å². The quantitative estimate of drug-likeness (QED) is 0.622. The van der Waals surface area contributed by atoms with Crippen molar-refractivity contribution < 1.29 is 0 Å². The molecule has 0 aliphatic rings. The predicted octanol–water partition coefficient (Wildman–Crippen LogP) is 3.05. The smallest absolute Gasteiger partial charge is 0.0498 e. The maximum absolute atomic E-state index is 5.69. The molecule has 0 nitrogen and oxygen atoms in total. The summed E-state index contributed by atoms with van der Waals surface area (Å²) in [5.41, 5.74) is 1.09. The molecule has 0 bridgehead atoms. The molecule has 0 fully saturated rings. The Labute approximate surface area is 73.4 Å². The summed E-state index contributed by atoms with van der Waals surface area (Å²) < 4.78 is 1.16. The highest BCUT2D eigenvalue weighted by Crippen LogP contribution is 2.14. The minimum Gasteiger partial charge on any atom is -0.0836 e. The van der Waals surface area contributed by atoms with E-state index in [9.17, 15) is 0 Å². The van der Waals surface area contributed by atoms with Gasteiger partial charge < -0.3 is 0 Å². The van der Waals surface area contributed by atoms with Crippen molar-refractivity contribution in [2.75, 3.05) is 0 Å². The third-order valence-electron chi connectivity index (χ3n) is 0.936. The molecule has 0 N–H and O–H groups in total. The number of hydrogen-bond acceptors (Lipinski definition) is 0. The lowest BCUT2D eigenvalue weighted by atomic mass is 10.2. The van der Waals surface area contributed by atoms with Crippen molar-refractivity contribution in [3.05, 3.63) is 32.4 Å². The number of benzene rings is 1. The first-order valence-electron chi connectivity index (χ1n) is 2.53. The third-order valence-corrected chi connectivity index (χ3v) is 1.76. The Hall–Kier alpha value is 0.240. The normalized spacial score (nSPS) is 9.67. The van der Waals surface area contributed by atoms with Gasteiger partial charge in [0, 0.05) is 14.7 Å². The molecule has 47 valence electrons. The molecule has 0 amide bonds. The molecule has 0 aromatic heterocycles. The van der Waals surface area contributed by atoms with Crippen molar-refractivity contribution in [3.63, 3.8) is 0 Å². The Kier molecular flexibility index (Phi) is 2.35. The standard InChI is InChI=1S/C7H5ClI/c1-5-2-6(8)4-7(9)3-5/h3-4H,1H3. The van der Waals surface area contributed by atoms with Gasteiger partial charge in [-0.25, -0.2) is 0 Å². The summed E-state index contributed by atoms with van der Waals surface area (Å²) >= 11 is 7.92. The van der Waals surface area contributed by atoms with Gasteiger partial charge in [-0.2, -0.15) is 0 Å². The largest absolute Gasteiger partial charge is 0.0836 e. The van der Waals surface area contributed by atoms with Gasteiger partial charge in [0.1, 0.15) is 0 Å². The molecule has 1 aromatic carbocycles. The third kappa shape index (κ3) is 2.14. The van der Waals surface area contributed by atoms with Crippen LogP contribution in [0.15, 0.2) is 12.1 Å². The van der Waals surface area contributed by atoms with Gasteiger partial charge in [-0.05, 0) is 47.2 Å². The molecule has 0 aliphatic heterocycles. The highest BCUT2D eigenvalue weighted by molar-refractivity contribution is 14.1. The summed E-state index contributed by atoms with van der Waals surface area (Å²) in [6.45, 7) is 1.98. The molecule has 1 radical (unpaired) electrons. The van der Waals surface area contributed by atoms with Crippen LogP contribution in [0.2, 0.25) is 5.02 Å². The van der Waals surface area contributed by atoms with Gasteiger partial charge in [0.05, 0.1) is 0 Å². The van der Waals surface area contributed by atoms with Crippen molar-refractivity contribution in [2.24, 2.45) is 0 Å². The zero-order chi connectivity index (χ0) is 6.85. The molecule has 0 unspecified atom stereocenters. The zero-order valence-electron chi connectivity index (χ0n) is 4.91. The fraction of sp³-hybridized carbons (Fsp3) is 0.143. The van der Waals surface area contributed by atoms with E-state index in [1.54, 1.807) is 0 Å². The molecule has 1 aromatic rings. The summed E-state index contributed by atoms with van der Waals surface area (Å²) in [4.78, 5) is 0. The molecular formula is C7H5ClI. The van der Waals surface area contributed by atoms with Crippen molar-refractivity contribution in [3.8, 4) is 0 Å². The number of rotatable bonds is 0. The van der Waals surface area contributed by atoms with Crippen molar-refractivity contribution in [1.29, 1.82) is 0 Å². The van der Waals surface area contributed by atoms with Crippen LogP contribution in [0.1, 0.15) is 5.56 Å². The molecule has 0 atom stereocenters. The molecule has 0 spiro atoms. The Morgan fingerprint density at radius 3 is 2.67 bits per heavy atom. The molecule has 0 aliphatic carbocycles. The summed E-state index contributed by atoms with van der Waals surface area (Å²) in [5, 5.41) is 0.694. The second-order valence-electron chi connectivity index (χ2n) is 1.83. The SMILES string of the molecule is Cc1[c]c(Cl)cc(I)c1. The fourth-order valence-electron chi connectivity index (χ4n) is 0.630. The Balaban J connectivity index is 3.17. The van der Waals surface area contributed by atoms with Gasteiger partial charge in [-0.1, -0.05) is 11.6 Å². The van der Waals surface area contributed by atoms with Crippen LogP contribution in [-0.4, -0.2) is 0 Å². The first-order chi connectivity index (χ1) is 4.18. The highest BCUT2D eigenvalue weighted by Gasteiger charge is 1.91. The number of halogens is 2. The van der Waals surface area contributed by atoms with Crippen molar-refractivity contribution >= 4 is 34.2 Å². The minimum atomic E-state index is 0.694. The van der Waals surface area contributed by atoms with Crippen LogP contribution >= 0.6 is 34.2 Å². The lowest BCUT2D eigenvalue weighted by Crippen LogP contribution is -1.75. The lowest BCUT2D eigenvalue weighted by molar-refractivity contribution is 1.44. The molecule has 9 heavy (non-hydrogen) atoms. The molecule has 1 rings (SSSR count). The van der Waals surface area contributed by atoms with Crippen LogP contribution in [0.5, 0.6) is 0 Å². The van der Waals surface area contributed by atoms with E-state index in [0.717, 1.165) is 9.13 Å². The average Bonchev–Trinajstić information content (AvgIpc) is 1.59. The topological polar surface area (TPSA) is 0 Å². The van der Waals surface area contributed by atoms with Gasteiger partial charge in [0.25, 0.3) is 0 Å². The average molecular weight is 251 g/mol. The molecule has 2 heteroatoms. The predicted molar refractivity (Wildman–Crippen MR) is 47.7 cm³/mol. The molecule has 0 heterocycles. The summed E-state index contributed by atoms with van der Waals surface area (Å²) in [6, 6.07) is 6.89. The second kappa shape index (κ2) is 2.88. The van der Waals surface area contributed by atoms with E-state index in [1.165, 1.54) is 0 Å². The van der Waals surface area contributed by atoms with Gasteiger partial charge in [-0.3, -0.25) is 0 Å². The highest BCUT2D eigenvalue weighted by atomic mass is 127. The van der Waals surface area contributed by atoms with Crippen LogP contribution < -0.4 is 0 Å². The van der Waals surface area contributed by atoms with Gasteiger partial charge in [0.15, 0.2) is 0 Å². The minimum absolute atomic E-state index is 0.694. The van der Waals surface area contributed by atoms with Crippen LogP contribution in [-0.2, 0) is 0 Å². The first kappa shape index (κ1) is 7.35. The first-order valence-corrected chi connectivity index (χ1v) is 3.99. The summed E-state index contributed by atoms with van der Waals surface area (Å²) in [5.74, 6) is 0. The molecular weight excluding hydrogens is 246 g/mol. The Morgan fingerprint density at radius 2 is 2.22 bits per heavy atom.